The van der Waals surface area contributed by atoms with Crippen LogP contribution in [0.25, 0.3) is 11.1 Å². The summed E-state index contributed by atoms with van der Waals surface area (Å²) in [5.41, 5.74) is 4.36. The minimum absolute atomic E-state index is 0.165. The van der Waals surface area contributed by atoms with Crippen molar-refractivity contribution in [3.63, 3.8) is 0 Å². The van der Waals surface area contributed by atoms with Gasteiger partial charge in [-0.05, 0) is 47.2 Å². The molecule has 2 aromatic rings. The van der Waals surface area contributed by atoms with E-state index in [1.54, 1.807) is 12.1 Å². The third-order valence-corrected chi connectivity index (χ3v) is 3.55. The van der Waals surface area contributed by atoms with Gasteiger partial charge in [-0.25, -0.2) is 4.39 Å². The molecule has 0 N–H and O–H groups in total. The monoisotopic (exact) mass is 254 g/mol. The molecular formula is C17H20BF. The van der Waals surface area contributed by atoms with Gasteiger partial charge in [0.15, 0.2) is 0 Å². The number of hydrogen-bond donors (Lipinski definition) is 0. The Morgan fingerprint density at radius 3 is 2.58 bits per heavy atom. The molecule has 98 valence electrons. The van der Waals surface area contributed by atoms with Crippen LogP contribution in [0.3, 0.4) is 0 Å². The molecule has 0 spiro atoms. The lowest BCUT2D eigenvalue weighted by atomic mass is 9.88. The number of benzene rings is 2. The Balaban J connectivity index is 2.37. The van der Waals surface area contributed by atoms with E-state index in [4.69, 9.17) is 0 Å². The van der Waals surface area contributed by atoms with Gasteiger partial charge in [0.1, 0.15) is 13.7 Å². The van der Waals surface area contributed by atoms with Gasteiger partial charge in [-0.1, -0.05) is 50.0 Å². The molecular weight excluding hydrogens is 234 g/mol. The van der Waals surface area contributed by atoms with E-state index >= 15 is 0 Å². The molecule has 0 saturated heterocycles. The van der Waals surface area contributed by atoms with E-state index in [2.05, 4.69) is 39.0 Å². The van der Waals surface area contributed by atoms with Crippen LogP contribution in [-0.4, -0.2) is 7.85 Å². The second-order valence-corrected chi connectivity index (χ2v) is 5.33. The van der Waals surface area contributed by atoms with Crippen molar-refractivity contribution in [3.8, 4) is 11.1 Å². The molecule has 0 aromatic heterocycles. The molecule has 0 amide bonds. The predicted molar refractivity (Wildman–Crippen MR) is 83.0 cm³/mol. The Bertz CT molecular complexity index is 543. The van der Waals surface area contributed by atoms with Crippen molar-refractivity contribution in [3.05, 3.63) is 59.4 Å². The van der Waals surface area contributed by atoms with Crippen LogP contribution in [0.1, 0.15) is 30.4 Å². The first kappa shape index (κ1) is 13.9. The lowest BCUT2D eigenvalue weighted by Crippen LogP contribution is -1.94. The van der Waals surface area contributed by atoms with Gasteiger partial charge < -0.3 is 0 Å². The van der Waals surface area contributed by atoms with Gasteiger partial charge in [-0.3, -0.25) is 0 Å². The molecule has 1 atom stereocenters. The summed E-state index contributed by atoms with van der Waals surface area (Å²) in [6.07, 6.45) is 2.37. The Morgan fingerprint density at radius 1 is 1.11 bits per heavy atom. The summed E-state index contributed by atoms with van der Waals surface area (Å²) in [4.78, 5) is 0. The molecule has 0 fully saturated rings. The molecule has 0 aliphatic rings. The van der Waals surface area contributed by atoms with Crippen LogP contribution in [0, 0.1) is 12.7 Å². The van der Waals surface area contributed by atoms with Crippen LogP contribution in [0.4, 0.5) is 4.39 Å². The zero-order chi connectivity index (χ0) is 13.8. The Morgan fingerprint density at radius 2 is 1.89 bits per heavy atom. The first-order valence-electron chi connectivity index (χ1n) is 6.97. The molecule has 19 heavy (non-hydrogen) atoms. The van der Waals surface area contributed by atoms with Gasteiger partial charge in [0.2, 0.25) is 0 Å². The molecule has 1 unspecified atom stereocenters. The highest BCUT2D eigenvalue weighted by atomic mass is 19.1. The molecule has 0 bridgehead atoms. The lowest BCUT2D eigenvalue weighted by Gasteiger charge is -2.12. The maximum Gasteiger partial charge on any atom is 0.124 e. The normalized spacial score (nSPS) is 12.4. The van der Waals surface area contributed by atoms with Crippen LogP contribution >= 0.6 is 0 Å². The van der Waals surface area contributed by atoms with Crippen molar-refractivity contribution in [1.82, 2.24) is 0 Å². The molecule has 0 heterocycles. The Labute approximate surface area is 116 Å². The largest absolute Gasteiger partial charge is 0.207 e. The van der Waals surface area contributed by atoms with Gasteiger partial charge in [-0.15, -0.1) is 0 Å². The molecule has 2 aromatic carbocycles. The fraction of sp³-hybridized carbons (Fsp3) is 0.294. The van der Waals surface area contributed by atoms with Crippen LogP contribution in [0.2, 0.25) is 6.32 Å². The topological polar surface area (TPSA) is 0 Å². The smallest absolute Gasteiger partial charge is 0.124 e. The molecule has 2 heteroatoms. The highest BCUT2D eigenvalue weighted by molar-refractivity contribution is 6.08. The zero-order valence-corrected chi connectivity index (χ0v) is 11.9. The highest BCUT2D eigenvalue weighted by Crippen LogP contribution is 2.27. The molecule has 0 nitrogen and oxygen atoms in total. The quantitative estimate of drug-likeness (QED) is 0.712. The van der Waals surface area contributed by atoms with E-state index < -0.39 is 0 Å². The summed E-state index contributed by atoms with van der Waals surface area (Å²) in [5.74, 6) is 0.390. The van der Waals surface area contributed by atoms with Crippen molar-refractivity contribution < 1.29 is 4.39 Å². The van der Waals surface area contributed by atoms with Crippen LogP contribution in [0.5, 0.6) is 0 Å². The zero-order valence-electron chi connectivity index (χ0n) is 11.9. The van der Waals surface area contributed by atoms with Crippen molar-refractivity contribution >= 4 is 7.85 Å². The fourth-order valence-corrected chi connectivity index (χ4v) is 2.53. The van der Waals surface area contributed by atoms with E-state index in [0.29, 0.717) is 5.92 Å². The third-order valence-electron chi connectivity index (χ3n) is 3.55. The van der Waals surface area contributed by atoms with Crippen molar-refractivity contribution in [2.45, 2.75) is 32.5 Å². The van der Waals surface area contributed by atoms with E-state index in [0.717, 1.165) is 16.7 Å². The summed E-state index contributed by atoms with van der Waals surface area (Å²) < 4.78 is 13.5. The average molecular weight is 254 g/mol. The first-order chi connectivity index (χ1) is 9.10. The van der Waals surface area contributed by atoms with Gasteiger partial charge in [-0.2, -0.15) is 0 Å². The van der Waals surface area contributed by atoms with Crippen molar-refractivity contribution in [2.75, 3.05) is 0 Å². The number of hydrogen-bond acceptors (Lipinski definition) is 0. The van der Waals surface area contributed by atoms with Crippen LogP contribution in [0.15, 0.2) is 42.5 Å². The predicted octanol–water partition coefficient (Wildman–Crippen LogP) is 4.35. The molecule has 0 radical (unpaired) electrons. The van der Waals surface area contributed by atoms with E-state index in [-0.39, 0.29) is 5.82 Å². The van der Waals surface area contributed by atoms with Crippen molar-refractivity contribution in [1.29, 1.82) is 0 Å². The van der Waals surface area contributed by atoms with Gasteiger partial charge >= 0.3 is 0 Å². The second-order valence-electron chi connectivity index (χ2n) is 5.33. The number of aryl methyl sites for hydroxylation is 1. The number of rotatable bonds is 4. The SMILES string of the molecule is BCCC(C)c1cccc(-c2cc(C)cc(F)c2)c1. The van der Waals surface area contributed by atoms with E-state index in [1.165, 1.54) is 18.3 Å². The van der Waals surface area contributed by atoms with Crippen molar-refractivity contribution in [2.24, 2.45) is 0 Å². The summed E-state index contributed by atoms with van der Waals surface area (Å²) in [6.45, 7) is 4.18. The Hall–Kier alpha value is -1.57. The Kier molecular flexibility index (Phi) is 4.41. The van der Waals surface area contributed by atoms with Gasteiger partial charge in [0, 0.05) is 0 Å². The first-order valence-corrected chi connectivity index (χ1v) is 6.97. The third kappa shape index (κ3) is 3.47. The summed E-state index contributed by atoms with van der Waals surface area (Å²) in [5, 5.41) is 0. The molecule has 0 aliphatic carbocycles. The standard InChI is InChI=1S/C17H20BF/c1-12-8-16(11-17(19)9-12)15-5-3-4-14(10-15)13(2)6-7-18/h3-5,8-11,13H,6-7,18H2,1-2H3. The lowest BCUT2D eigenvalue weighted by molar-refractivity contribution is 0.627. The summed E-state index contributed by atoms with van der Waals surface area (Å²) >= 11 is 0. The molecule has 0 aliphatic heterocycles. The maximum absolute atomic E-state index is 13.5. The van der Waals surface area contributed by atoms with E-state index in [1.807, 2.05) is 13.0 Å². The van der Waals surface area contributed by atoms with Crippen LogP contribution < -0.4 is 0 Å². The average Bonchev–Trinajstić information content (AvgIpc) is 2.38. The molecule has 2 rings (SSSR count). The second kappa shape index (κ2) is 6.05. The fourth-order valence-electron chi connectivity index (χ4n) is 2.53. The minimum atomic E-state index is -0.165. The summed E-state index contributed by atoms with van der Waals surface area (Å²) in [7, 11) is 2.20. The maximum atomic E-state index is 13.5. The van der Waals surface area contributed by atoms with Gasteiger partial charge in [0.25, 0.3) is 0 Å². The minimum Gasteiger partial charge on any atom is -0.207 e. The highest BCUT2D eigenvalue weighted by Gasteiger charge is 2.07. The molecule has 0 saturated carbocycles. The van der Waals surface area contributed by atoms with Crippen LogP contribution in [-0.2, 0) is 0 Å². The van der Waals surface area contributed by atoms with E-state index in [9.17, 15) is 4.39 Å². The number of halogens is 1. The summed E-state index contributed by atoms with van der Waals surface area (Å²) in [6, 6.07) is 13.7. The van der Waals surface area contributed by atoms with Gasteiger partial charge in [0.05, 0.1) is 0 Å².